The average Bonchev–Trinajstić information content (AvgIpc) is 3.65. The lowest BCUT2D eigenvalue weighted by Gasteiger charge is -2.36. The van der Waals surface area contributed by atoms with E-state index in [-0.39, 0.29) is 11.8 Å². The standard InChI is InChI=1S/C39H40N6O2/c1-27-15-16-28(26-44-21-23-45(24-22-44)38(47)31-11-5-6-12-31)25-35(27)41-37(46)30-17-19-32(20-18-30)40-39-42-34-14-8-7-13-33(34)36(43-39)29-9-3-2-4-10-29/h2-4,7-10,13-20,25,31H,5-6,11-12,21-24,26H2,1H3,(H,41,46)(H,40,42,43). The molecular formula is C39H40N6O2. The number of rotatable bonds is 8. The number of benzene rings is 4. The number of piperazine rings is 1. The molecule has 2 amide bonds. The van der Waals surface area contributed by atoms with Gasteiger partial charge in [-0.05, 0) is 67.3 Å². The number of fused-ring (bicyclic) bond motifs is 1. The van der Waals surface area contributed by atoms with Gasteiger partial charge in [-0.25, -0.2) is 9.97 Å². The first-order valence-electron chi connectivity index (χ1n) is 16.6. The number of aryl methyl sites for hydroxylation is 1. The van der Waals surface area contributed by atoms with E-state index in [0.29, 0.717) is 17.4 Å². The molecule has 1 aliphatic heterocycles. The van der Waals surface area contributed by atoms with Crippen molar-refractivity contribution in [1.29, 1.82) is 0 Å². The van der Waals surface area contributed by atoms with Gasteiger partial charge >= 0.3 is 0 Å². The Hall–Kier alpha value is -5.08. The fraction of sp³-hybridized carbons (Fsp3) is 0.282. The molecular weight excluding hydrogens is 584 g/mol. The quantitative estimate of drug-likeness (QED) is 0.187. The fourth-order valence-electron chi connectivity index (χ4n) is 6.69. The molecule has 5 aromatic rings. The third-order valence-corrected chi connectivity index (χ3v) is 9.40. The summed E-state index contributed by atoms with van der Waals surface area (Å²) < 4.78 is 0. The number of anilines is 3. The fourth-order valence-corrected chi connectivity index (χ4v) is 6.69. The van der Waals surface area contributed by atoms with Crippen molar-refractivity contribution in [3.63, 3.8) is 0 Å². The maximum atomic E-state index is 13.3. The summed E-state index contributed by atoms with van der Waals surface area (Å²) in [6.07, 6.45) is 4.47. The number of carbonyl (C=O) groups excluding carboxylic acids is 2. The molecule has 1 aromatic heterocycles. The van der Waals surface area contributed by atoms with Crippen molar-refractivity contribution in [2.75, 3.05) is 36.8 Å². The third kappa shape index (κ3) is 7.03. The first-order valence-corrected chi connectivity index (χ1v) is 16.6. The Labute approximate surface area is 275 Å². The number of hydrogen-bond acceptors (Lipinski definition) is 6. The zero-order chi connectivity index (χ0) is 32.2. The highest BCUT2D eigenvalue weighted by Crippen LogP contribution is 2.29. The first-order chi connectivity index (χ1) is 23.0. The summed E-state index contributed by atoms with van der Waals surface area (Å²) in [5.41, 5.74) is 7.06. The Morgan fingerprint density at radius 2 is 1.53 bits per heavy atom. The second kappa shape index (κ2) is 13.7. The SMILES string of the molecule is Cc1ccc(CN2CCN(C(=O)C3CCCC3)CC2)cc1NC(=O)c1ccc(Nc2nc(-c3ccccc3)c3ccccc3n2)cc1. The molecule has 2 aliphatic rings. The molecule has 2 fully saturated rings. The minimum Gasteiger partial charge on any atom is -0.340 e. The molecule has 8 nitrogen and oxygen atoms in total. The van der Waals surface area contributed by atoms with E-state index in [0.717, 1.165) is 90.2 Å². The zero-order valence-electron chi connectivity index (χ0n) is 26.8. The highest BCUT2D eigenvalue weighted by atomic mass is 16.2. The van der Waals surface area contributed by atoms with Crippen molar-refractivity contribution in [1.82, 2.24) is 19.8 Å². The molecule has 238 valence electrons. The molecule has 8 heteroatoms. The molecule has 1 aliphatic carbocycles. The van der Waals surface area contributed by atoms with Crippen LogP contribution in [0, 0.1) is 12.8 Å². The number of nitrogens with zero attached hydrogens (tertiary/aromatic N) is 4. The number of amides is 2. The Morgan fingerprint density at radius 3 is 2.30 bits per heavy atom. The van der Waals surface area contributed by atoms with E-state index in [2.05, 4.69) is 38.6 Å². The maximum absolute atomic E-state index is 13.3. The summed E-state index contributed by atoms with van der Waals surface area (Å²) in [6, 6.07) is 31.7. The first kappa shape index (κ1) is 30.6. The van der Waals surface area contributed by atoms with Gasteiger partial charge in [0, 0.05) is 66.5 Å². The van der Waals surface area contributed by atoms with E-state index in [1.54, 1.807) is 0 Å². The van der Waals surface area contributed by atoms with Crippen molar-refractivity contribution in [2.24, 2.45) is 5.92 Å². The van der Waals surface area contributed by atoms with Gasteiger partial charge in [-0.1, -0.05) is 73.5 Å². The predicted molar refractivity (Wildman–Crippen MR) is 188 cm³/mol. The summed E-state index contributed by atoms with van der Waals surface area (Å²) in [6.45, 7) is 6.11. The van der Waals surface area contributed by atoms with Crippen LogP contribution in [0.2, 0.25) is 0 Å². The van der Waals surface area contributed by atoms with Gasteiger partial charge in [0.1, 0.15) is 0 Å². The summed E-state index contributed by atoms with van der Waals surface area (Å²) in [5, 5.41) is 7.43. The number of aromatic nitrogens is 2. The van der Waals surface area contributed by atoms with Gasteiger partial charge in [-0.15, -0.1) is 0 Å². The highest BCUT2D eigenvalue weighted by Gasteiger charge is 2.29. The van der Waals surface area contributed by atoms with Crippen LogP contribution in [0.25, 0.3) is 22.2 Å². The lowest BCUT2D eigenvalue weighted by molar-refractivity contribution is -0.137. The molecule has 0 radical (unpaired) electrons. The molecule has 1 saturated carbocycles. The summed E-state index contributed by atoms with van der Waals surface area (Å²) in [7, 11) is 0. The van der Waals surface area contributed by atoms with Crippen molar-refractivity contribution in [2.45, 2.75) is 39.2 Å². The van der Waals surface area contributed by atoms with E-state index in [4.69, 9.17) is 9.97 Å². The monoisotopic (exact) mass is 624 g/mol. The Balaban J connectivity index is 0.984. The number of nitrogens with one attached hydrogen (secondary N) is 2. The van der Waals surface area contributed by atoms with Gasteiger partial charge in [0.2, 0.25) is 11.9 Å². The lowest BCUT2D eigenvalue weighted by atomic mass is 10.1. The number of carbonyl (C=O) groups is 2. The van der Waals surface area contributed by atoms with Crippen molar-refractivity contribution < 1.29 is 9.59 Å². The molecule has 0 atom stereocenters. The van der Waals surface area contributed by atoms with Crippen LogP contribution in [0.4, 0.5) is 17.3 Å². The van der Waals surface area contributed by atoms with Crippen molar-refractivity contribution in [3.8, 4) is 11.3 Å². The van der Waals surface area contributed by atoms with E-state index in [1.165, 1.54) is 12.8 Å². The summed E-state index contributed by atoms with van der Waals surface area (Å²) >= 11 is 0. The molecule has 4 aromatic carbocycles. The predicted octanol–water partition coefficient (Wildman–Crippen LogP) is 7.44. The molecule has 0 unspecified atom stereocenters. The van der Waals surface area contributed by atoms with Crippen LogP contribution >= 0.6 is 0 Å². The van der Waals surface area contributed by atoms with Crippen molar-refractivity contribution >= 4 is 40.0 Å². The topological polar surface area (TPSA) is 90.5 Å². The Kier molecular flexibility index (Phi) is 8.93. The van der Waals surface area contributed by atoms with E-state index in [9.17, 15) is 9.59 Å². The molecule has 2 N–H and O–H groups in total. The normalized spacial score (nSPS) is 15.6. The van der Waals surface area contributed by atoms with Gasteiger partial charge < -0.3 is 15.5 Å². The van der Waals surface area contributed by atoms with E-state index < -0.39 is 0 Å². The largest absolute Gasteiger partial charge is 0.340 e. The molecule has 7 rings (SSSR count). The minimum atomic E-state index is -0.163. The Morgan fingerprint density at radius 1 is 0.809 bits per heavy atom. The van der Waals surface area contributed by atoms with Crippen LogP contribution < -0.4 is 10.6 Å². The molecule has 0 spiro atoms. The lowest BCUT2D eigenvalue weighted by Crippen LogP contribution is -2.49. The van der Waals surface area contributed by atoms with E-state index >= 15 is 0 Å². The maximum Gasteiger partial charge on any atom is 0.255 e. The summed E-state index contributed by atoms with van der Waals surface area (Å²) in [5.74, 6) is 0.924. The van der Waals surface area contributed by atoms with Gasteiger partial charge in [-0.3, -0.25) is 14.5 Å². The van der Waals surface area contributed by atoms with Gasteiger partial charge in [0.05, 0.1) is 11.2 Å². The Bertz CT molecular complexity index is 1880. The van der Waals surface area contributed by atoms with Crippen LogP contribution in [0.5, 0.6) is 0 Å². The molecule has 1 saturated heterocycles. The van der Waals surface area contributed by atoms with Gasteiger partial charge in [0.15, 0.2) is 0 Å². The second-order valence-electron chi connectivity index (χ2n) is 12.7. The van der Waals surface area contributed by atoms with Crippen molar-refractivity contribution in [3.05, 3.63) is 114 Å². The van der Waals surface area contributed by atoms with Crippen LogP contribution in [0.1, 0.15) is 47.2 Å². The summed E-state index contributed by atoms with van der Waals surface area (Å²) in [4.78, 5) is 40.2. The van der Waals surface area contributed by atoms with Crippen LogP contribution in [0.15, 0.2) is 97.1 Å². The van der Waals surface area contributed by atoms with E-state index in [1.807, 2.05) is 85.8 Å². The van der Waals surface area contributed by atoms with Crippen LogP contribution in [-0.4, -0.2) is 57.8 Å². The van der Waals surface area contributed by atoms with Gasteiger partial charge in [0.25, 0.3) is 5.91 Å². The third-order valence-electron chi connectivity index (χ3n) is 9.40. The second-order valence-corrected chi connectivity index (χ2v) is 12.7. The molecule has 0 bridgehead atoms. The highest BCUT2D eigenvalue weighted by molar-refractivity contribution is 6.05. The number of hydrogen-bond donors (Lipinski definition) is 2. The minimum absolute atomic E-state index is 0.163. The smallest absolute Gasteiger partial charge is 0.255 e. The molecule has 2 heterocycles. The number of para-hydroxylation sites is 1. The average molecular weight is 625 g/mol. The zero-order valence-corrected chi connectivity index (χ0v) is 26.8. The van der Waals surface area contributed by atoms with Crippen LogP contribution in [0.3, 0.4) is 0 Å². The molecule has 47 heavy (non-hydrogen) atoms. The van der Waals surface area contributed by atoms with Gasteiger partial charge in [-0.2, -0.15) is 0 Å². The van der Waals surface area contributed by atoms with Crippen LogP contribution in [-0.2, 0) is 11.3 Å².